The summed E-state index contributed by atoms with van der Waals surface area (Å²) in [6.07, 6.45) is 0.934. The van der Waals surface area contributed by atoms with Crippen LogP contribution in [-0.2, 0) is 6.42 Å². The zero-order chi connectivity index (χ0) is 16.5. The van der Waals surface area contributed by atoms with Crippen molar-refractivity contribution in [1.82, 2.24) is 4.98 Å². The summed E-state index contributed by atoms with van der Waals surface area (Å²) >= 11 is 3.59. The van der Waals surface area contributed by atoms with Gasteiger partial charge >= 0.3 is 0 Å². The minimum atomic E-state index is -0.136. The van der Waals surface area contributed by atoms with Crippen LogP contribution in [0.5, 0.6) is 5.75 Å². The number of fused-ring (bicyclic) bond motifs is 1. The number of aromatic nitrogens is 1. The summed E-state index contributed by atoms with van der Waals surface area (Å²) in [7, 11) is 0. The molecule has 4 nitrogen and oxygen atoms in total. The Hall–Kier alpha value is -1.93. The second kappa shape index (κ2) is 6.52. The van der Waals surface area contributed by atoms with Gasteiger partial charge in [-0.05, 0) is 58.5 Å². The fourth-order valence-corrected chi connectivity index (χ4v) is 3.97. The van der Waals surface area contributed by atoms with Crippen molar-refractivity contribution < 1.29 is 9.53 Å². The van der Waals surface area contributed by atoms with Gasteiger partial charge in [-0.3, -0.25) is 10.1 Å². The molecular formula is C18H13IN2O2S. The van der Waals surface area contributed by atoms with Crippen LogP contribution in [0, 0.1) is 3.57 Å². The molecule has 1 amide bonds. The molecule has 0 aliphatic carbocycles. The van der Waals surface area contributed by atoms with E-state index in [1.54, 1.807) is 0 Å². The number of thiazole rings is 1. The predicted molar refractivity (Wildman–Crippen MR) is 104 cm³/mol. The van der Waals surface area contributed by atoms with Crippen molar-refractivity contribution in [2.75, 3.05) is 11.9 Å². The lowest BCUT2D eigenvalue weighted by Gasteiger charge is -2.04. The Labute approximate surface area is 157 Å². The first-order chi connectivity index (χ1) is 11.7. The Morgan fingerprint density at radius 2 is 2.12 bits per heavy atom. The smallest absolute Gasteiger partial charge is 0.258 e. The molecule has 0 spiro atoms. The molecule has 0 atom stereocenters. The molecule has 6 heteroatoms. The molecule has 0 fully saturated rings. The molecule has 3 aromatic rings. The molecule has 24 heavy (non-hydrogen) atoms. The summed E-state index contributed by atoms with van der Waals surface area (Å²) in [5.74, 6) is 0.824. The number of carbonyl (C=O) groups is 1. The maximum atomic E-state index is 12.4. The Bertz CT molecular complexity index is 923. The number of benzene rings is 2. The van der Waals surface area contributed by atoms with Crippen LogP contribution in [0.1, 0.15) is 15.9 Å². The Morgan fingerprint density at radius 3 is 3.00 bits per heavy atom. The van der Waals surface area contributed by atoms with Crippen LogP contribution in [0.3, 0.4) is 0 Å². The standard InChI is InChI=1S/C18H13IN2O2S/c19-14-4-2-1-3-13(14)17(22)21-18-20-15(10-24-18)11-5-6-16-12(9-11)7-8-23-16/h1-6,9-10H,7-8H2,(H,20,21,22). The Morgan fingerprint density at radius 1 is 1.25 bits per heavy atom. The molecule has 0 saturated carbocycles. The fraction of sp³-hybridized carbons (Fsp3) is 0.111. The van der Waals surface area contributed by atoms with E-state index in [1.165, 1.54) is 16.9 Å². The number of anilines is 1. The summed E-state index contributed by atoms with van der Waals surface area (Å²) in [4.78, 5) is 16.9. The predicted octanol–water partition coefficient (Wildman–Crippen LogP) is 4.60. The largest absolute Gasteiger partial charge is 0.493 e. The van der Waals surface area contributed by atoms with E-state index >= 15 is 0 Å². The van der Waals surface area contributed by atoms with Crippen molar-refractivity contribution in [3.8, 4) is 17.0 Å². The number of hydrogen-bond donors (Lipinski definition) is 1. The number of nitrogens with zero attached hydrogens (tertiary/aromatic N) is 1. The van der Waals surface area contributed by atoms with E-state index in [0.717, 1.165) is 33.6 Å². The maximum Gasteiger partial charge on any atom is 0.258 e. The van der Waals surface area contributed by atoms with Crippen LogP contribution in [0.2, 0.25) is 0 Å². The minimum Gasteiger partial charge on any atom is -0.493 e. The Kier molecular flexibility index (Phi) is 4.24. The Balaban J connectivity index is 1.55. The topological polar surface area (TPSA) is 51.2 Å². The minimum absolute atomic E-state index is 0.136. The van der Waals surface area contributed by atoms with Crippen molar-refractivity contribution in [3.05, 3.63) is 62.5 Å². The number of carbonyl (C=O) groups excluding carboxylic acids is 1. The van der Waals surface area contributed by atoms with Crippen LogP contribution in [0.15, 0.2) is 47.8 Å². The zero-order valence-electron chi connectivity index (χ0n) is 12.6. The first kappa shape index (κ1) is 15.6. The normalized spacial score (nSPS) is 12.5. The monoisotopic (exact) mass is 448 g/mol. The van der Waals surface area contributed by atoms with Crippen LogP contribution in [-0.4, -0.2) is 17.5 Å². The third kappa shape index (κ3) is 3.03. The average Bonchev–Trinajstić information content (AvgIpc) is 3.23. The molecule has 1 aromatic heterocycles. The number of rotatable bonds is 3. The number of amides is 1. The lowest BCUT2D eigenvalue weighted by molar-refractivity contribution is 0.102. The second-order valence-electron chi connectivity index (χ2n) is 5.39. The van der Waals surface area contributed by atoms with E-state index in [4.69, 9.17) is 4.74 Å². The van der Waals surface area contributed by atoms with Gasteiger partial charge in [-0.15, -0.1) is 11.3 Å². The average molecular weight is 448 g/mol. The van der Waals surface area contributed by atoms with Crippen LogP contribution < -0.4 is 10.1 Å². The molecule has 4 rings (SSSR count). The quantitative estimate of drug-likeness (QED) is 0.596. The highest BCUT2D eigenvalue weighted by atomic mass is 127. The molecule has 120 valence electrons. The van der Waals surface area contributed by atoms with Crippen molar-refractivity contribution in [2.24, 2.45) is 0 Å². The SMILES string of the molecule is O=C(Nc1nc(-c2ccc3c(c2)CCO3)cs1)c1ccccc1I. The molecule has 1 aliphatic rings. The molecular weight excluding hydrogens is 435 g/mol. The molecule has 1 aliphatic heterocycles. The van der Waals surface area contributed by atoms with Crippen molar-refractivity contribution in [1.29, 1.82) is 0 Å². The number of halogens is 1. The molecule has 0 bridgehead atoms. The summed E-state index contributed by atoms with van der Waals surface area (Å²) in [5.41, 5.74) is 3.78. The summed E-state index contributed by atoms with van der Waals surface area (Å²) in [6.45, 7) is 0.743. The van der Waals surface area contributed by atoms with Crippen molar-refractivity contribution in [2.45, 2.75) is 6.42 Å². The highest BCUT2D eigenvalue weighted by molar-refractivity contribution is 14.1. The third-order valence-corrected chi connectivity index (χ3v) is 5.53. The van der Waals surface area contributed by atoms with Crippen LogP contribution in [0.4, 0.5) is 5.13 Å². The third-order valence-electron chi connectivity index (χ3n) is 3.83. The van der Waals surface area contributed by atoms with Gasteiger partial charge in [0.15, 0.2) is 5.13 Å². The van der Waals surface area contributed by atoms with Gasteiger partial charge < -0.3 is 4.74 Å². The van der Waals surface area contributed by atoms with Gasteiger partial charge in [-0.2, -0.15) is 0 Å². The molecule has 0 radical (unpaired) electrons. The molecule has 0 unspecified atom stereocenters. The highest BCUT2D eigenvalue weighted by Gasteiger charge is 2.15. The highest BCUT2D eigenvalue weighted by Crippen LogP contribution is 2.32. The lowest BCUT2D eigenvalue weighted by atomic mass is 10.1. The van der Waals surface area contributed by atoms with Crippen molar-refractivity contribution in [3.63, 3.8) is 0 Å². The first-order valence-electron chi connectivity index (χ1n) is 7.48. The van der Waals surface area contributed by atoms with Gasteiger partial charge in [0, 0.05) is 20.9 Å². The molecule has 2 aromatic carbocycles. The van der Waals surface area contributed by atoms with Gasteiger partial charge in [0.05, 0.1) is 17.9 Å². The van der Waals surface area contributed by atoms with Crippen molar-refractivity contribution >= 4 is 45.0 Å². The van der Waals surface area contributed by atoms with E-state index in [1.807, 2.05) is 41.8 Å². The van der Waals surface area contributed by atoms with Gasteiger partial charge in [-0.25, -0.2) is 4.98 Å². The fourth-order valence-electron chi connectivity index (χ4n) is 2.62. The first-order valence-corrected chi connectivity index (χ1v) is 9.44. The van der Waals surface area contributed by atoms with Crippen LogP contribution in [0.25, 0.3) is 11.3 Å². The summed E-state index contributed by atoms with van der Waals surface area (Å²) in [6, 6.07) is 13.6. The second-order valence-corrected chi connectivity index (χ2v) is 7.41. The number of hydrogen-bond acceptors (Lipinski definition) is 4. The molecule has 1 N–H and O–H groups in total. The van der Waals surface area contributed by atoms with Gasteiger partial charge in [0.1, 0.15) is 5.75 Å². The van der Waals surface area contributed by atoms with E-state index in [9.17, 15) is 4.79 Å². The van der Waals surface area contributed by atoms with Gasteiger partial charge in [0.2, 0.25) is 0 Å². The summed E-state index contributed by atoms with van der Waals surface area (Å²) < 4.78 is 6.45. The van der Waals surface area contributed by atoms with Gasteiger partial charge in [-0.1, -0.05) is 12.1 Å². The van der Waals surface area contributed by atoms with Crippen LogP contribution >= 0.6 is 33.9 Å². The van der Waals surface area contributed by atoms with E-state index in [0.29, 0.717) is 10.7 Å². The molecule has 2 heterocycles. The molecule has 0 saturated heterocycles. The number of nitrogens with one attached hydrogen (secondary N) is 1. The summed E-state index contributed by atoms with van der Waals surface area (Å²) in [5, 5.41) is 5.45. The van der Waals surface area contributed by atoms with E-state index in [2.05, 4.69) is 39.0 Å². The zero-order valence-corrected chi connectivity index (χ0v) is 15.6. The van der Waals surface area contributed by atoms with E-state index in [-0.39, 0.29) is 5.91 Å². The van der Waals surface area contributed by atoms with Gasteiger partial charge in [0.25, 0.3) is 5.91 Å². The number of ether oxygens (including phenoxy) is 1. The lowest BCUT2D eigenvalue weighted by Crippen LogP contribution is -2.13. The van der Waals surface area contributed by atoms with E-state index < -0.39 is 0 Å². The maximum absolute atomic E-state index is 12.4.